The van der Waals surface area contributed by atoms with Gasteiger partial charge in [-0.25, -0.2) is 4.79 Å². The fourth-order valence-electron chi connectivity index (χ4n) is 1.70. The number of phenolic OH excluding ortho intramolecular Hbond substituents is 1. The Balaban J connectivity index is 2.31. The quantitative estimate of drug-likeness (QED) is 0.763. The van der Waals surface area contributed by atoms with Crippen LogP contribution >= 0.6 is 0 Å². The topological polar surface area (TPSA) is 66.8 Å². The van der Waals surface area contributed by atoms with E-state index in [-0.39, 0.29) is 11.7 Å². The number of hydrogen-bond acceptors (Lipinski definition) is 4. The third kappa shape index (κ3) is 2.02. The van der Waals surface area contributed by atoms with Gasteiger partial charge in [-0.1, -0.05) is 0 Å². The van der Waals surface area contributed by atoms with Crippen molar-refractivity contribution in [2.24, 2.45) is 5.92 Å². The molecule has 0 spiro atoms. The monoisotopic (exact) mass is 222 g/mol. The second kappa shape index (κ2) is 4.14. The highest BCUT2D eigenvalue weighted by atomic mass is 16.5. The number of aliphatic hydroxyl groups excluding tert-OH is 1. The van der Waals surface area contributed by atoms with E-state index in [1.54, 1.807) is 0 Å². The van der Waals surface area contributed by atoms with E-state index < -0.39 is 12.1 Å². The van der Waals surface area contributed by atoms with E-state index in [4.69, 9.17) is 0 Å². The van der Waals surface area contributed by atoms with Crippen LogP contribution in [0.1, 0.15) is 34.9 Å². The van der Waals surface area contributed by atoms with Crippen molar-refractivity contribution in [3.8, 4) is 5.75 Å². The summed E-state index contributed by atoms with van der Waals surface area (Å²) in [7, 11) is 1.30. The van der Waals surface area contributed by atoms with Crippen LogP contribution in [-0.4, -0.2) is 23.3 Å². The van der Waals surface area contributed by atoms with Crippen LogP contribution in [0.3, 0.4) is 0 Å². The average molecular weight is 222 g/mol. The first-order chi connectivity index (χ1) is 7.63. The van der Waals surface area contributed by atoms with Crippen LogP contribution in [0.25, 0.3) is 0 Å². The summed E-state index contributed by atoms with van der Waals surface area (Å²) in [6.45, 7) is 0. The molecule has 16 heavy (non-hydrogen) atoms. The molecule has 1 atom stereocenters. The Labute approximate surface area is 93.5 Å². The number of carbonyl (C=O) groups is 1. The van der Waals surface area contributed by atoms with E-state index in [2.05, 4.69) is 4.74 Å². The van der Waals surface area contributed by atoms with E-state index in [1.807, 2.05) is 0 Å². The molecule has 0 unspecified atom stereocenters. The Morgan fingerprint density at radius 3 is 2.75 bits per heavy atom. The number of methoxy groups -OCH3 is 1. The molecule has 0 aliphatic heterocycles. The zero-order chi connectivity index (χ0) is 11.7. The van der Waals surface area contributed by atoms with Gasteiger partial charge in [-0.3, -0.25) is 0 Å². The lowest BCUT2D eigenvalue weighted by atomic mass is 10.0. The minimum Gasteiger partial charge on any atom is -0.508 e. The largest absolute Gasteiger partial charge is 0.508 e. The minimum absolute atomic E-state index is 0.0204. The maximum absolute atomic E-state index is 11.3. The highest BCUT2D eigenvalue weighted by molar-refractivity contribution is 5.89. The first-order valence-corrected chi connectivity index (χ1v) is 5.22. The number of hydrogen-bond donors (Lipinski definition) is 2. The van der Waals surface area contributed by atoms with Gasteiger partial charge in [0.1, 0.15) is 5.75 Å². The van der Waals surface area contributed by atoms with E-state index in [0.29, 0.717) is 11.1 Å². The van der Waals surface area contributed by atoms with Crippen molar-refractivity contribution in [3.05, 3.63) is 29.3 Å². The van der Waals surface area contributed by atoms with Gasteiger partial charge in [-0.05, 0) is 37.0 Å². The van der Waals surface area contributed by atoms with Gasteiger partial charge in [0, 0.05) is 5.56 Å². The van der Waals surface area contributed by atoms with Gasteiger partial charge in [0.2, 0.25) is 0 Å². The Hall–Kier alpha value is -1.55. The number of carbonyl (C=O) groups excluding carboxylic acids is 1. The molecule has 1 aromatic carbocycles. The molecule has 2 N–H and O–H groups in total. The summed E-state index contributed by atoms with van der Waals surface area (Å²) in [6, 6.07) is 4.38. The summed E-state index contributed by atoms with van der Waals surface area (Å²) in [5.74, 6) is -0.241. The van der Waals surface area contributed by atoms with Crippen LogP contribution in [0, 0.1) is 5.92 Å². The number of rotatable bonds is 3. The molecular weight excluding hydrogens is 208 g/mol. The van der Waals surface area contributed by atoms with Gasteiger partial charge < -0.3 is 14.9 Å². The number of ether oxygens (including phenoxy) is 1. The summed E-state index contributed by atoms with van der Waals surface area (Å²) in [5, 5.41) is 19.5. The van der Waals surface area contributed by atoms with Crippen molar-refractivity contribution in [3.63, 3.8) is 0 Å². The lowest BCUT2D eigenvalue weighted by Gasteiger charge is -2.12. The van der Waals surface area contributed by atoms with Gasteiger partial charge >= 0.3 is 5.97 Å². The molecule has 1 aliphatic rings. The molecule has 0 heterocycles. The lowest BCUT2D eigenvalue weighted by molar-refractivity contribution is 0.0600. The predicted octanol–water partition coefficient (Wildman–Crippen LogP) is 1.62. The standard InChI is InChI=1S/C12H14O4/c1-16-12(15)8-4-5-10(13)9(6-8)11(14)7-2-3-7/h4-7,11,13-14H,2-3H2,1H3/t11-/m1/s1. The number of benzene rings is 1. The van der Waals surface area contributed by atoms with E-state index in [9.17, 15) is 15.0 Å². The van der Waals surface area contributed by atoms with Crippen molar-refractivity contribution in [1.29, 1.82) is 0 Å². The van der Waals surface area contributed by atoms with Crippen LogP contribution in [0.4, 0.5) is 0 Å². The van der Waals surface area contributed by atoms with Crippen molar-refractivity contribution in [1.82, 2.24) is 0 Å². The Bertz CT molecular complexity index is 409. The van der Waals surface area contributed by atoms with Crippen LogP contribution < -0.4 is 0 Å². The predicted molar refractivity (Wildman–Crippen MR) is 57.1 cm³/mol. The summed E-state index contributed by atoms with van der Waals surface area (Å²) in [5.41, 5.74) is 0.750. The fraction of sp³-hybridized carbons (Fsp3) is 0.417. The minimum atomic E-state index is -0.690. The molecular formula is C12H14O4. The Kier molecular flexibility index (Phi) is 2.83. The van der Waals surface area contributed by atoms with E-state index in [0.717, 1.165) is 12.8 Å². The maximum atomic E-state index is 11.3. The van der Waals surface area contributed by atoms with Crippen LogP contribution in [0.5, 0.6) is 5.75 Å². The van der Waals surface area contributed by atoms with Crippen molar-refractivity contribution >= 4 is 5.97 Å². The molecule has 1 aromatic rings. The molecule has 2 rings (SSSR count). The highest BCUT2D eigenvalue weighted by Crippen LogP contribution is 2.43. The molecule has 1 saturated carbocycles. The van der Waals surface area contributed by atoms with Gasteiger partial charge in [0.15, 0.2) is 0 Å². The third-order valence-corrected chi connectivity index (χ3v) is 2.84. The van der Waals surface area contributed by atoms with Crippen LogP contribution in [-0.2, 0) is 4.74 Å². The summed E-state index contributed by atoms with van der Waals surface area (Å²) in [4.78, 5) is 11.3. The van der Waals surface area contributed by atoms with Gasteiger partial charge in [0.25, 0.3) is 0 Å². The number of aromatic hydroxyl groups is 1. The summed E-state index contributed by atoms with van der Waals surface area (Å²) in [6.07, 6.45) is 1.23. The number of phenols is 1. The zero-order valence-electron chi connectivity index (χ0n) is 9.01. The first-order valence-electron chi connectivity index (χ1n) is 5.22. The highest BCUT2D eigenvalue weighted by Gasteiger charge is 2.32. The van der Waals surface area contributed by atoms with Gasteiger partial charge in [-0.15, -0.1) is 0 Å². The van der Waals surface area contributed by atoms with Crippen LogP contribution in [0.15, 0.2) is 18.2 Å². The van der Waals surface area contributed by atoms with Crippen molar-refractivity contribution in [2.45, 2.75) is 18.9 Å². The Morgan fingerprint density at radius 2 is 2.19 bits per heavy atom. The molecule has 0 amide bonds. The molecule has 1 fully saturated rings. The van der Waals surface area contributed by atoms with Crippen molar-refractivity contribution < 1.29 is 19.7 Å². The number of aliphatic hydroxyl groups is 1. The Morgan fingerprint density at radius 1 is 1.50 bits per heavy atom. The molecule has 0 bridgehead atoms. The summed E-state index contributed by atoms with van der Waals surface area (Å²) >= 11 is 0. The molecule has 86 valence electrons. The zero-order valence-corrected chi connectivity index (χ0v) is 9.01. The fourth-order valence-corrected chi connectivity index (χ4v) is 1.70. The van der Waals surface area contributed by atoms with Gasteiger partial charge in [0.05, 0.1) is 18.8 Å². The maximum Gasteiger partial charge on any atom is 0.337 e. The molecule has 0 saturated heterocycles. The van der Waals surface area contributed by atoms with Crippen LogP contribution in [0.2, 0.25) is 0 Å². The normalized spacial score (nSPS) is 16.9. The third-order valence-electron chi connectivity index (χ3n) is 2.84. The lowest BCUT2D eigenvalue weighted by Crippen LogP contribution is -2.05. The van der Waals surface area contributed by atoms with Gasteiger partial charge in [-0.2, -0.15) is 0 Å². The van der Waals surface area contributed by atoms with Crippen molar-refractivity contribution in [2.75, 3.05) is 7.11 Å². The summed E-state index contributed by atoms with van der Waals surface area (Å²) < 4.78 is 4.58. The van der Waals surface area contributed by atoms with E-state index in [1.165, 1.54) is 25.3 Å². The molecule has 1 aliphatic carbocycles. The second-order valence-corrected chi connectivity index (χ2v) is 4.05. The smallest absolute Gasteiger partial charge is 0.337 e. The second-order valence-electron chi connectivity index (χ2n) is 4.05. The van der Waals surface area contributed by atoms with E-state index >= 15 is 0 Å². The molecule has 4 nitrogen and oxygen atoms in total. The average Bonchev–Trinajstić information content (AvgIpc) is 3.11. The molecule has 4 heteroatoms. The SMILES string of the molecule is COC(=O)c1ccc(O)c([C@H](O)C2CC2)c1. The number of esters is 1. The first kappa shape index (κ1) is 11.0. The molecule has 0 aromatic heterocycles. The molecule has 0 radical (unpaired) electrons.